The maximum atomic E-state index is 6.01. The van der Waals surface area contributed by atoms with Gasteiger partial charge in [-0.1, -0.05) is 35.5 Å². The standard InChI is InChI=1S/C21H28N4O/c22-16-8-6-15(7-9-16)19-24-20(25-26-19)21(10-11-21)13-23-18-12-17(18)14-4-2-1-3-5-14/h1-5,15-18,23H,6-13,22H2/t15?,16?,17-,18+/m0/s1. The predicted molar refractivity (Wildman–Crippen MR) is 100.0 cm³/mol. The average Bonchev–Trinajstić information content (AvgIpc) is 3.59. The van der Waals surface area contributed by atoms with Crippen molar-refractivity contribution in [2.24, 2.45) is 5.73 Å². The van der Waals surface area contributed by atoms with Crippen LogP contribution in [-0.4, -0.2) is 28.8 Å². The third kappa shape index (κ3) is 3.19. The fourth-order valence-corrected chi connectivity index (χ4v) is 4.43. The number of hydrogen-bond acceptors (Lipinski definition) is 5. The molecule has 0 amide bonds. The smallest absolute Gasteiger partial charge is 0.229 e. The summed E-state index contributed by atoms with van der Waals surface area (Å²) in [5.74, 6) is 2.84. The van der Waals surface area contributed by atoms with Crippen molar-refractivity contribution in [3.63, 3.8) is 0 Å². The minimum Gasteiger partial charge on any atom is -0.339 e. The van der Waals surface area contributed by atoms with Crippen molar-refractivity contribution in [3.05, 3.63) is 47.6 Å². The first-order valence-corrected chi connectivity index (χ1v) is 10.1. The van der Waals surface area contributed by atoms with Gasteiger partial charge < -0.3 is 15.6 Å². The summed E-state index contributed by atoms with van der Waals surface area (Å²) in [6.07, 6.45) is 7.85. The SMILES string of the molecule is NC1CCC(c2nc(C3(CN[C@@H]4C[C@H]4c4ccccc4)CC3)no2)CC1. The van der Waals surface area contributed by atoms with E-state index >= 15 is 0 Å². The summed E-state index contributed by atoms with van der Waals surface area (Å²) in [6, 6.07) is 11.8. The van der Waals surface area contributed by atoms with Gasteiger partial charge in [0.2, 0.25) is 5.89 Å². The molecule has 5 heteroatoms. The highest BCUT2D eigenvalue weighted by molar-refractivity contribution is 5.28. The Morgan fingerprint density at radius 3 is 2.62 bits per heavy atom. The second kappa shape index (κ2) is 6.46. The van der Waals surface area contributed by atoms with Crippen molar-refractivity contribution in [2.75, 3.05) is 6.54 Å². The van der Waals surface area contributed by atoms with E-state index in [4.69, 9.17) is 15.2 Å². The van der Waals surface area contributed by atoms with E-state index in [1.54, 1.807) is 0 Å². The van der Waals surface area contributed by atoms with Crippen LogP contribution in [0.5, 0.6) is 0 Å². The van der Waals surface area contributed by atoms with Gasteiger partial charge in [-0.2, -0.15) is 4.98 Å². The fraction of sp³-hybridized carbons (Fsp3) is 0.619. The molecule has 138 valence electrons. The van der Waals surface area contributed by atoms with Gasteiger partial charge in [0.15, 0.2) is 5.82 Å². The molecule has 0 aliphatic heterocycles. The van der Waals surface area contributed by atoms with Crippen LogP contribution in [0.1, 0.15) is 74.1 Å². The molecule has 2 aromatic rings. The number of aromatic nitrogens is 2. The van der Waals surface area contributed by atoms with Crippen molar-refractivity contribution in [1.82, 2.24) is 15.5 Å². The zero-order chi connectivity index (χ0) is 17.6. The van der Waals surface area contributed by atoms with E-state index in [0.29, 0.717) is 23.9 Å². The molecule has 3 fully saturated rings. The first kappa shape index (κ1) is 16.5. The monoisotopic (exact) mass is 352 g/mol. The molecule has 3 saturated carbocycles. The van der Waals surface area contributed by atoms with Crippen LogP contribution >= 0.6 is 0 Å². The van der Waals surface area contributed by atoms with Gasteiger partial charge >= 0.3 is 0 Å². The topological polar surface area (TPSA) is 77.0 Å². The van der Waals surface area contributed by atoms with Crippen molar-refractivity contribution < 1.29 is 4.52 Å². The van der Waals surface area contributed by atoms with E-state index in [2.05, 4.69) is 40.8 Å². The second-order valence-electron chi connectivity index (χ2n) is 8.59. The molecule has 26 heavy (non-hydrogen) atoms. The summed E-state index contributed by atoms with van der Waals surface area (Å²) in [5.41, 5.74) is 7.57. The van der Waals surface area contributed by atoms with E-state index in [1.807, 2.05) is 0 Å². The van der Waals surface area contributed by atoms with Gasteiger partial charge in [-0.15, -0.1) is 0 Å². The molecule has 3 aliphatic carbocycles. The Morgan fingerprint density at radius 1 is 1.12 bits per heavy atom. The summed E-state index contributed by atoms with van der Waals surface area (Å²) in [4.78, 5) is 4.81. The van der Waals surface area contributed by atoms with Gasteiger partial charge in [-0.05, 0) is 50.5 Å². The normalized spacial score (nSPS) is 32.3. The lowest BCUT2D eigenvalue weighted by Gasteiger charge is -2.23. The largest absolute Gasteiger partial charge is 0.339 e. The van der Waals surface area contributed by atoms with Crippen molar-refractivity contribution >= 4 is 0 Å². The van der Waals surface area contributed by atoms with Crippen LogP contribution in [-0.2, 0) is 5.41 Å². The van der Waals surface area contributed by atoms with Crippen LogP contribution in [0.3, 0.4) is 0 Å². The van der Waals surface area contributed by atoms with Crippen LogP contribution in [0.2, 0.25) is 0 Å². The summed E-state index contributed by atoms with van der Waals surface area (Å²) in [7, 11) is 0. The predicted octanol–water partition coefficient (Wildman–Crippen LogP) is 3.23. The molecule has 5 nitrogen and oxygen atoms in total. The molecular formula is C21H28N4O. The van der Waals surface area contributed by atoms with Crippen LogP contribution in [0.4, 0.5) is 0 Å². The number of benzene rings is 1. The molecule has 0 unspecified atom stereocenters. The lowest BCUT2D eigenvalue weighted by Crippen LogP contribution is -2.30. The number of hydrogen-bond donors (Lipinski definition) is 2. The molecule has 0 saturated heterocycles. The third-order valence-corrected chi connectivity index (χ3v) is 6.61. The van der Waals surface area contributed by atoms with E-state index in [9.17, 15) is 0 Å². The molecule has 1 aromatic heterocycles. The average molecular weight is 352 g/mol. The van der Waals surface area contributed by atoms with E-state index in [0.717, 1.165) is 56.8 Å². The number of nitrogens with zero attached hydrogens (tertiary/aromatic N) is 2. The minimum absolute atomic E-state index is 0.108. The Labute approximate surface area is 154 Å². The highest BCUT2D eigenvalue weighted by Crippen LogP contribution is 2.48. The van der Waals surface area contributed by atoms with E-state index in [1.165, 1.54) is 12.0 Å². The molecule has 1 heterocycles. The second-order valence-corrected chi connectivity index (χ2v) is 8.59. The quantitative estimate of drug-likeness (QED) is 0.835. The third-order valence-electron chi connectivity index (χ3n) is 6.61. The first-order valence-electron chi connectivity index (χ1n) is 10.1. The van der Waals surface area contributed by atoms with Gasteiger partial charge in [0.25, 0.3) is 0 Å². The molecule has 2 atom stereocenters. The Kier molecular flexibility index (Phi) is 4.09. The van der Waals surface area contributed by atoms with Crippen molar-refractivity contribution in [3.8, 4) is 0 Å². The fourth-order valence-electron chi connectivity index (χ4n) is 4.43. The summed E-state index contributed by atoms with van der Waals surface area (Å²) < 4.78 is 5.65. The van der Waals surface area contributed by atoms with Gasteiger partial charge in [0.05, 0.1) is 0 Å². The van der Waals surface area contributed by atoms with Gasteiger partial charge in [-0.3, -0.25) is 0 Å². The first-order chi connectivity index (χ1) is 12.7. The van der Waals surface area contributed by atoms with E-state index < -0.39 is 0 Å². The Balaban J connectivity index is 1.18. The van der Waals surface area contributed by atoms with Crippen LogP contribution in [0, 0.1) is 0 Å². The van der Waals surface area contributed by atoms with Crippen LogP contribution in [0.25, 0.3) is 0 Å². The van der Waals surface area contributed by atoms with E-state index in [-0.39, 0.29) is 5.41 Å². The summed E-state index contributed by atoms with van der Waals surface area (Å²) in [6.45, 7) is 0.968. The van der Waals surface area contributed by atoms with Crippen molar-refractivity contribution in [2.45, 2.75) is 74.3 Å². The lowest BCUT2D eigenvalue weighted by molar-refractivity contribution is 0.298. The highest BCUT2D eigenvalue weighted by atomic mass is 16.5. The van der Waals surface area contributed by atoms with Crippen LogP contribution in [0.15, 0.2) is 34.9 Å². The summed E-state index contributed by atoms with van der Waals surface area (Å²) >= 11 is 0. The molecule has 0 radical (unpaired) electrons. The van der Waals surface area contributed by atoms with Gasteiger partial charge in [0.1, 0.15) is 0 Å². The zero-order valence-corrected chi connectivity index (χ0v) is 15.2. The molecule has 5 rings (SSSR count). The molecule has 0 spiro atoms. The number of nitrogens with one attached hydrogen (secondary N) is 1. The minimum atomic E-state index is 0.108. The molecule has 0 bridgehead atoms. The molecular weight excluding hydrogens is 324 g/mol. The van der Waals surface area contributed by atoms with Gasteiger partial charge in [0, 0.05) is 35.9 Å². The molecule has 1 aromatic carbocycles. The lowest BCUT2D eigenvalue weighted by atomic mass is 9.86. The Bertz CT molecular complexity index is 746. The maximum Gasteiger partial charge on any atom is 0.229 e. The Hall–Kier alpha value is -1.72. The Morgan fingerprint density at radius 2 is 1.88 bits per heavy atom. The highest BCUT2D eigenvalue weighted by Gasteiger charge is 2.50. The number of nitrogens with two attached hydrogens (primary N) is 1. The summed E-state index contributed by atoms with van der Waals surface area (Å²) in [5, 5.41) is 8.13. The van der Waals surface area contributed by atoms with Crippen molar-refractivity contribution in [1.29, 1.82) is 0 Å². The number of rotatable bonds is 6. The maximum absolute atomic E-state index is 6.01. The van der Waals surface area contributed by atoms with Gasteiger partial charge in [-0.25, -0.2) is 0 Å². The zero-order valence-electron chi connectivity index (χ0n) is 15.2. The molecule has 3 N–H and O–H groups in total. The molecule has 3 aliphatic rings. The van der Waals surface area contributed by atoms with Crippen LogP contribution < -0.4 is 11.1 Å².